The van der Waals surface area contributed by atoms with Crippen molar-refractivity contribution in [1.82, 2.24) is 19.3 Å². The van der Waals surface area contributed by atoms with Crippen LogP contribution in [0.5, 0.6) is 23.0 Å². The molecule has 1 aliphatic rings. The van der Waals surface area contributed by atoms with Gasteiger partial charge in [-0.15, -0.1) is 15.0 Å². The highest BCUT2D eigenvalue weighted by atomic mass is 32.2. The fourth-order valence-electron chi connectivity index (χ4n) is 4.35. The number of ether oxygens (including phenoxy) is 2. The minimum absolute atomic E-state index is 0.00644. The van der Waals surface area contributed by atoms with E-state index in [0.29, 0.717) is 33.9 Å². The van der Waals surface area contributed by atoms with E-state index in [-0.39, 0.29) is 28.5 Å². The molecule has 0 spiro atoms. The molecule has 1 aliphatic heterocycles. The van der Waals surface area contributed by atoms with Gasteiger partial charge in [0.1, 0.15) is 27.4 Å². The van der Waals surface area contributed by atoms with Crippen molar-refractivity contribution in [1.29, 1.82) is 0 Å². The van der Waals surface area contributed by atoms with E-state index < -0.39 is 15.9 Å². The highest BCUT2D eigenvalue weighted by Gasteiger charge is 2.31. The smallest absolute Gasteiger partial charge is 0.259 e. The topological polar surface area (TPSA) is 116 Å². The van der Waals surface area contributed by atoms with Crippen molar-refractivity contribution < 1.29 is 22.7 Å². The van der Waals surface area contributed by atoms with Gasteiger partial charge in [-0.3, -0.25) is 4.79 Å². The molecule has 1 aromatic heterocycles. The number of carbonyl (C=O) groups is 1. The standard InChI is InChI=1S/C29H25N5O5S/c1-4-33(3)40(36,37)28-16-19-26(38-24-12-8-7-11-22(24)30-29(19)35)17-27(28)39-25-14-13-18(2)15-23(25)34-31-20-9-5-6-10-21(20)32-34/h5-17H,4H2,1-3H3,(H,30,35). The van der Waals surface area contributed by atoms with Gasteiger partial charge in [-0.2, -0.15) is 0 Å². The summed E-state index contributed by atoms with van der Waals surface area (Å²) in [5.74, 6) is 0.399. The summed E-state index contributed by atoms with van der Waals surface area (Å²) in [7, 11) is -2.58. The largest absolute Gasteiger partial charge is 0.454 e. The lowest BCUT2D eigenvalue weighted by molar-refractivity contribution is 0.102. The fourth-order valence-corrected chi connectivity index (χ4v) is 5.64. The van der Waals surface area contributed by atoms with Crippen LogP contribution in [0.15, 0.2) is 83.8 Å². The monoisotopic (exact) mass is 555 g/mol. The summed E-state index contributed by atoms with van der Waals surface area (Å²) in [5.41, 5.74) is 3.38. The number of benzene rings is 4. The number of nitrogens with one attached hydrogen (secondary N) is 1. The first-order chi connectivity index (χ1) is 19.2. The van der Waals surface area contributed by atoms with E-state index in [2.05, 4.69) is 15.5 Å². The Morgan fingerprint density at radius 2 is 1.62 bits per heavy atom. The number of carbonyl (C=O) groups excluding carboxylic acids is 1. The number of anilines is 1. The van der Waals surface area contributed by atoms with Crippen LogP contribution in [0.4, 0.5) is 5.69 Å². The number of fused-ring (bicyclic) bond motifs is 3. The molecule has 0 saturated heterocycles. The van der Waals surface area contributed by atoms with E-state index in [0.717, 1.165) is 5.56 Å². The molecule has 0 atom stereocenters. The summed E-state index contributed by atoms with van der Waals surface area (Å²) in [6.45, 7) is 3.86. The van der Waals surface area contributed by atoms with Crippen LogP contribution in [0.3, 0.4) is 0 Å². The molecule has 6 rings (SSSR count). The van der Waals surface area contributed by atoms with E-state index in [1.807, 2.05) is 43.3 Å². The van der Waals surface area contributed by atoms with Crippen molar-refractivity contribution in [2.24, 2.45) is 0 Å². The maximum Gasteiger partial charge on any atom is 0.259 e. The zero-order chi connectivity index (χ0) is 28.0. The Labute approximate surface area is 230 Å². The van der Waals surface area contributed by atoms with Crippen LogP contribution >= 0.6 is 0 Å². The number of rotatable bonds is 6. The maximum absolute atomic E-state index is 13.6. The molecular formula is C29H25N5O5S. The van der Waals surface area contributed by atoms with Crippen molar-refractivity contribution in [3.8, 4) is 28.7 Å². The Balaban J connectivity index is 1.53. The number of para-hydroxylation sites is 2. The van der Waals surface area contributed by atoms with Gasteiger partial charge >= 0.3 is 0 Å². The van der Waals surface area contributed by atoms with Gasteiger partial charge in [0.05, 0.1) is 11.3 Å². The predicted octanol–water partition coefficient (Wildman–Crippen LogP) is 5.52. The highest BCUT2D eigenvalue weighted by molar-refractivity contribution is 7.89. The predicted molar refractivity (Wildman–Crippen MR) is 150 cm³/mol. The zero-order valence-corrected chi connectivity index (χ0v) is 22.8. The van der Waals surface area contributed by atoms with Crippen LogP contribution < -0.4 is 14.8 Å². The lowest BCUT2D eigenvalue weighted by atomic mass is 10.1. The van der Waals surface area contributed by atoms with Crippen molar-refractivity contribution in [2.45, 2.75) is 18.7 Å². The van der Waals surface area contributed by atoms with Gasteiger partial charge in [0.25, 0.3) is 5.91 Å². The third-order valence-corrected chi connectivity index (χ3v) is 8.57. The Morgan fingerprint density at radius 3 is 2.35 bits per heavy atom. The van der Waals surface area contributed by atoms with Crippen LogP contribution in [0.1, 0.15) is 22.8 Å². The van der Waals surface area contributed by atoms with Gasteiger partial charge in [-0.05, 0) is 55.0 Å². The van der Waals surface area contributed by atoms with E-state index in [1.165, 1.54) is 28.3 Å². The summed E-state index contributed by atoms with van der Waals surface area (Å²) in [6.07, 6.45) is 0. The minimum atomic E-state index is -4.05. The maximum atomic E-state index is 13.6. The average Bonchev–Trinajstić information content (AvgIpc) is 3.32. The molecule has 2 heterocycles. The molecule has 5 aromatic rings. The molecule has 40 heavy (non-hydrogen) atoms. The van der Waals surface area contributed by atoms with Crippen LogP contribution in [0.25, 0.3) is 16.7 Å². The van der Waals surface area contributed by atoms with E-state index in [4.69, 9.17) is 9.47 Å². The molecule has 0 radical (unpaired) electrons. The molecule has 1 amide bonds. The van der Waals surface area contributed by atoms with Crippen molar-refractivity contribution >= 4 is 32.7 Å². The Kier molecular flexibility index (Phi) is 6.24. The second kappa shape index (κ2) is 9.78. The molecule has 0 bridgehead atoms. The van der Waals surface area contributed by atoms with Gasteiger partial charge in [-0.25, -0.2) is 12.7 Å². The molecule has 0 aliphatic carbocycles. The Hall–Kier alpha value is -4.74. The normalized spacial score (nSPS) is 12.8. The van der Waals surface area contributed by atoms with E-state index in [9.17, 15) is 13.2 Å². The van der Waals surface area contributed by atoms with Crippen LogP contribution in [-0.2, 0) is 10.0 Å². The first-order valence-corrected chi connectivity index (χ1v) is 14.0. The van der Waals surface area contributed by atoms with Crippen LogP contribution in [0, 0.1) is 6.92 Å². The first kappa shape index (κ1) is 25.5. The second-order valence-corrected chi connectivity index (χ2v) is 11.3. The molecular weight excluding hydrogens is 530 g/mol. The third kappa shape index (κ3) is 4.44. The first-order valence-electron chi connectivity index (χ1n) is 12.6. The quantitative estimate of drug-likeness (QED) is 0.293. The number of hydrogen-bond donors (Lipinski definition) is 1. The summed E-state index contributed by atoms with van der Waals surface area (Å²) < 4.78 is 40.9. The number of sulfonamides is 1. The van der Waals surface area contributed by atoms with Gasteiger partial charge < -0.3 is 14.8 Å². The van der Waals surface area contributed by atoms with Gasteiger partial charge in [-0.1, -0.05) is 37.3 Å². The SMILES string of the molecule is CCN(C)S(=O)(=O)c1cc2c(cc1Oc1ccc(C)cc1-n1nc3ccccc3n1)Oc1ccccc1NC2=O. The van der Waals surface area contributed by atoms with Gasteiger partial charge in [0.15, 0.2) is 17.2 Å². The van der Waals surface area contributed by atoms with Crippen molar-refractivity contribution in [3.63, 3.8) is 0 Å². The van der Waals surface area contributed by atoms with Crippen LogP contribution in [0.2, 0.25) is 0 Å². The van der Waals surface area contributed by atoms with Crippen molar-refractivity contribution in [3.05, 3.63) is 90.0 Å². The lowest BCUT2D eigenvalue weighted by Gasteiger charge is -2.20. The molecule has 0 saturated carbocycles. The lowest BCUT2D eigenvalue weighted by Crippen LogP contribution is -2.27. The molecule has 4 aromatic carbocycles. The number of nitrogens with zero attached hydrogens (tertiary/aromatic N) is 4. The summed E-state index contributed by atoms with van der Waals surface area (Å²) >= 11 is 0. The molecule has 10 nitrogen and oxygen atoms in total. The molecule has 0 fully saturated rings. The number of aryl methyl sites for hydroxylation is 1. The highest BCUT2D eigenvalue weighted by Crippen LogP contribution is 2.42. The van der Waals surface area contributed by atoms with Gasteiger partial charge in [0, 0.05) is 19.7 Å². The fraction of sp³-hybridized carbons (Fsp3) is 0.138. The zero-order valence-electron chi connectivity index (χ0n) is 22.0. The molecule has 0 unspecified atom stereocenters. The molecule has 202 valence electrons. The van der Waals surface area contributed by atoms with Crippen molar-refractivity contribution in [2.75, 3.05) is 18.9 Å². The molecule has 1 N–H and O–H groups in total. The van der Waals surface area contributed by atoms with E-state index in [1.54, 1.807) is 37.3 Å². The average molecular weight is 556 g/mol. The summed E-state index contributed by atoms with van der Waals surface area (Å²) in [5, 5.41) is 11.9. The number of aromatic nitrogens is 3. The third-order valence-electron chi connectivity index (χ3n) is 6.62. The second-order valence-electron chi connectivity index (χ2n) is 9.32. The minimum Gasteiger partial charge on any atom is -0.454 e. The summed E-state index contributed by atoms with van der Waals surface area (Å²) in [6, 6.07) is 22.6. The van der Waals surface area contributed by atoms with Crippen LogP contribution in [-0.4, -0.2) is 47.2 Å². The van der Waals surface area contributed by atoms with E-state index >= 15 is 0 Å². The number of hydrogen-bond acceptors (Lipinski definition) is 7. The number of amides is 1. The van der Waals surface area contributed by atoms with Gasteiger partial charge in [0.2, 0.25) is 10.0 Å². The molecule has 11 heteroatoms. The Bertz CT molecular complexity index is 1870. The summed E-state index contributed by atoms with van der Waals surface area (Å²) in [4.78, 5) is 14.4. The Morgan fingerprint density at radius 1 is 0.925 bits per heavy atom.